The van der Waals surface area contributed by atoms with Gasteiger partial charge in [0.15, 0.2) is 0 Å². The number of rotatable bonds is 5. The number of nitrogens with zero attached hydrogens (tertiary/aromatic N) is 3. The Morgan fingerprint density at radius 3 is 2.47 bits per heavy atom. The topological polar surface area (TPSA) is 29.0 Å². The predicted molar refractivity (Wildman–Crippen MR) is 76.6 cm³/mol. The molecule has 1 aromatic rings. The largest absolute Gasteiger partial charge is 0.357 e. The van der Waals surface area contributed by atoms with Crippen molar-refractivity contribution in [2.45, 2.75) is 52.5 Å². The first-order valence-corrected chi connectivity index (χ1v) is 7.02. The lowest BCUT2D eigenvalue weighted by Gasteiger charge is -2.26. The molecule has 1 unspecified atom stereocenters. The zero-order chi connectivity index (χ0) is 13.0. The van der Waals surface area contributed by atoms with E-state index in [4.69, 9.17) is 0 Å². The van der Waals surface area contributed by atoms with E-state index in [-0.39, 0.29) is 0 Å². The van der Waals surface area contributed by atoms with E-state index in [0.29, 0.717) is 12.0 Å². The molecule has 0 saturated carbocycles. The Hall–Kier alpha value is -0.640. The summed E-state index contributed by atoms with van der Waals surface area (Å²) in [5.41, 5.74) is 0. The zero-order valence-corrected chi connectivity index (χ0v) is 13.0. The Kier molecular flexibility index (Phi) is 5.37. The van der Waals surface area contributed by atoms with Crippen LogP contribution in [0.4, 0.5) is 5.82 Å². The first kappa shape index (κ1) is 14.4. The van der Waals surface area contributed by atoms with Crippen molar-refractivity contribution in [3.63, 3.8) is 0 Å². The molecule has 0 saturated heterocycles. The Balaban J connectivity index is 2.96. The van der Waals surface area contributed by atoms with Crippen LogP contribution in [-0.2, 0) is 0 Å². The predicted octanol–water partition coefficient (Wildman–Crippen LogP) is 3.99. The maximum absolute atomic E-state index is 4.62. The fourth-order valence-corrected chi connectivity index (χ4v) is 2.09. The first-order valence-electron chi connectivity index (χ1n) is 6.23. The second-order valence-corrected chi connectivity index (χ2v) is 5.62. The van der Waals surface area contributed by atoms with E-state index in [1.54, 1.807) is 0 Å². The molecule has 0 spiro atoms. The van der Waals surface area contributed by atoms with Crippen molar-refractivity contribution >= 4 is 21.7 Å². The summed E-state index contributed by atoms with van der Waals surface area (Å²) in [5.74, 6) is 2.24. The van der Waals surface area contributed by atoms with Crippen molar-refractivity contribution in [2.75, 3.05) is 11.9 Å². The number of halogens is 1. The molecular formula is C13H22BrN3. The zero-order valence-electron chi connectivity index (χ0n) is 11.4. The van der Waals surface area contributed by atoms with Crippen LogP contribution in [0.3, 0.4) is 0 Å². The van der Waals surface area contributed by atoms with Crippen LogP contribution in [0.1, 0.15) is 52.3 Å². The van der Waals surface area contributed by atoms with E-state index in [0.717, 1.165) is 16.2 Å². The summed E-state index contributed by atoms with van der Waals surface area (Å²) in [5, 5.41) is 0. The molecule has 0 bridgehead atoms. The summed E-state index contributed by atoms with van der Waals surface area (Å²) in [6.45, 7) is 8.66. The second kappa shape index (κ2) is 6.34. The summed E-state index contributed by atoms with van der Waals surface area (Å²) in [7, 11) is 2.10. The molecule has 0 aromatic carbocycles. The molecule has 4 heteroatoms. The van der Waals surface area contributed by atoms with E-state index in [2.05, 4.69) is 65.5 Å². The average Bonchev–Trinajstić information content (AvgIpc) is 2.27. The van der Waals surface area contributed by atoms with E-state index in [1.165, 1.54) is 12.8 Å². The number of hydrogen-bond acceptors (Lipinski definition) is 3. The van der Waals surface area contributed by atoms with Gasteiger partial charge in [-0.1, -0.05) is 27.2 Å². The highest BCUT2D eigenvalue weighted by Crippen LogP contribution is 2.21. The lowest BCUT2D eigenvalue weighted by molar-refractivity contribution is 0.607. The van der Waals surface area contributed by atoms with Gasteiger partial charge in [-0.05, 0) is 29.3 Å². The Bertz CT molecular complexity index is 366. The molecule has 0 radical (unpaired) electrons. The monoisotopic (exact) mass is 299 g/mol. The van der Waals surface area contributed by atoms with Crippen molar-refractivity contribution in [3.8, 4) is 0 Å². The fourth-order valence-electron chi connectivity index (χ4n) is 1.70. The molecule has 3 nitrogen and oxygen atoms in total. The van der Waals surface area contributed by atoms with Crippen LogP contribution in [0.15, 0.2) is 10.7 Å². The maximum atomic E-state index is 4.62. The van der Waals surface area contributed by atoms with Gasteiger partial charge >= 0.3 is 0 Å². The smallest absolute Gasteiger partial charge is 0.134 e. The highest BCUT2D eigenvalue weighted by molar-refractivity contribution is 9.10. The molecule has 0 N–H and O–H groups in total. The maximum Gasteiger partial charge on any atom is 0.134 e. The summed E-state index contributed by atoms with van der Waals surface area (Å²) in [6, 6.07) is 2.49. The summed E-state index contributed by atoms with van der Waals surface area (Å²) >= 11 is 3.46. The van der Waals surface area contributed by atoms with Gasteiger partial charge in [-0.2, -0.15) is 0 Å². The molecule has 0 aliphatic heterocycles. The highest BCUT2D eigenvalue weighted by atomic mass is 79.9. The SMILES string of the molecule is CCCC(C)N(C)c1cc(Br)nc(C(C)C)n1. The molecule has 0 amide bonds. The third kappa shape index (κ3) is 3.95. The third-order valence-corrected chi connectivity index (χ3v) is 3.35. The van der Waals surface area contributed by atoms with E-state index in [9.17, 15) is 0 Å². The van der Waals surface area contributed by atoms with E-state index in [1.807, 2.05) is 6.07 Å². The van der Waals surface area contributed by atoms with Crippen LogP contribution in [0, 0.1) is 0 Å². The highest BCUT2D eigenvalue weighted by Gasteiger charge is 2.13. The molecule has 0 aliphatic carbocycles. The minimum Gasteiger partial charge on any atom is -0.357 e. The first-order chi connectivity index (χ1) is 7.95. The quantitative estimate of drug-likeness (QED) is 0.770. The molecule has 1 heterocycles. The Labute approximate surface area is 113 Å². The van der Waals surface area contributed by atoms with Crippen molar-refractivity contribution in [1.82, 2.24) is 9.97 Å². The minimum atomic E-state index is 0.348. The van der Waals surface area contributed by atoms with Crippen molar-refractivity contribution in [3.05, 3.63) is 16.5 Å². The standard InChI is InChI=1S/C13H22BrN3/c1-6-7-10(4)17(5)12-8-11(14)15-13(16-12)9(2)3/h8-10H,6-7H2,1-5H3. The van der Waals surface area contributed by atoms with E-state index >= 15 is 0 Å². The van der Waals surface area contributed by atoms with Gasteiger partial charge < -0.3 is 4.90 Å². The molecule has 96 valence electrons. The van der Waals surface area contributed by atoms with Crippen molar-refractivity contribution < 1.29 is 0 Å². The Morgan fingerprint density at radius 2 is 1.94 bits per heavy atom. The van der Waals surface area contributed by atoms with Gasteiger partial charge in [0.2, 0.25) is 0 Å². The van der Waals surface area contributed by atoms with Crippen LogP contribution in [0.2, 0.25) is 0 Å². The molecule has 1 atom stereocenters. The summed E-state index contributed by atoms with van der Waals surface area (Å²) < 4.78 is 0.863. The lowest BCUT2D eigenvalue weighted by atomic mass is 10.1. The summed E-state index contributed by atoms with van der Waals surface area (Å²) in [6.07, 6.45) is 2.37. The van der Waals surface area contributed by atoms with Gasteiger partial charge in [-0.15, -0.1) is 0 Å². The van der Waals surface area contributed by atoms with Crippen molar-refractivity contribution in [2.24, 2.45) is 0 Å². The van der Waals surface area contributed by atoms with Gasteiger partial charge in [-0.3, -0.25) is 0 Å². The normalized spacial score (nSPS) is 12.9. The van der Waals surface area contributed by atoms with Gasteiger partial charge in [0.05, 0.1) is 0 Å². The molecule has 0 aliphatic rings. The van der Waals surface area contributed by atoms with Gasteiger partial charge in [0, 0.05) is 25.1 Å². The number of aromatic nitrogens is 2. The molecule has 1 rings (SSSR count). The molecule has 1 aromatic heterocycles. The van der Waals surface area contributed by atoms with Crippen molar-refractivity contribution in [1.29, 1.82) is 0 Å². The fraction of sp³-hybridized carbons (Fsp3) is 0.692. The molecular weight excluding hydrogens is 278 g/mol. The average molecular weight is 300 g/mol. The van der Waals surface area contributed by atoms with Gasteiger partial charge in [0.1, 0.15) is 16.2 Å². The molecule has 0 fully saturated rings. The van der Waals surface area contributed by atoms with Gasteiger partial charge in [0.25, 0.3) is 0 Å². The molecule has 17 heavy (non-hydrogen) atoms. The lowest BCUT2D eigenvalue weighted by Crippen LogP contribution is -2.29. The van der Waals surface area contributed by atoms with E-state index < -0.39 is 0 Å². The number of anilines is 1. The van der Waals surface area contributed by atoms with Crippen LogP contribution < -0.4 is 4.90 Å². The van der Waals surface area contributed by atoms with Gasteiger partial charge in [-0.25, -0.2) is 9.97 Å². The number of hydrogen-bond donors (Lipinski definition) is 0. The van der Waals surface area contributed by atoms with Crippen LogP contribution in [-0.4, -0.2) is 23.1 Å². The summed E-state index contributed by atoms with van der Waals surface area (Å²) in [4.78, 5) is 11.2. The Morgan fingerprint density at radius 1 is 1.29 bits per heavy atom. The third-order valence-electron chi connectivity index (χ3n) is 2.94. The van der Waals surface area contributed by atoms with Crippen LogP contribution in [0.5, 0.6) is 0 Å². The van der Waals surface area contributed by atoms with Crippen LogP contribution >= 0.6 is 15.9 Å². The second-order valence-electron chi connectivity index (χ2n) is 4.81. The minimum absolute atomic E-state index is 0.348. The van der Waals surface area contributed by atoms with Crippen LogP contribution in [0.25, 0.3) is 0 Å².